The Bertz CT molecular complexity index is 1900. The highest BCUT2D eigenvalue weighted by Crippen LogP contribution is 2.41. The van der Waals surface area contributed by atoms with Crippen molar-refractivity contribution in [2.45, 2.75) is 32.2 Å². The Hall–Kier alpha value is -3.78. The number of nitrogens with zero attached hydrogens (tertiary/aromatic N) is 3. The molecule has 6 rings (SSSR count). The number of nitro groups is 1. The molecule has 2 aliphatic rings. The third-order valence-electron chi connectivity index (χ3n) is 7.28. The second-order valence-corrected chi connectivity index (χ2v) is 11.8. The van der Waals surface area contributed by atoms with Crippen LogP contribution in [0.5, 0.6) is 0 Å². The van der Waals surface area contributed by atoms with Crippen LogP contribution in [0.4, 0.5) is 5.69 Å². The number of thiazole rings is 1. The Morgan fingerprint density at radius 3 is 2.38 bits per heavy atom. The number of fused-ring (bicyclic) bond motifs is 1. The standard InChI is InChI=1S/C31H23Cl2N3O3S/c1-18-15-25(36(38)39)14-9-21(18)17-27-30(37)35-29(20-7-12-24(33)13-8-20)26-4-2-3-22(28(26)34-31(35)40-27)16-19-5-10-23(32)11-6-19/h5-17,29H,2-4H2,1H3/b22-16-,27-17-. The van der Waals surface area contributed by atoms with Crippen LogP contribution in [-0.2, 0) is 0 Å². The first-order valence-electron chi connectivity index (χ1n) is 12.8. The Morgan fingerprint density at radius 2 is 1.70 bits per heavy atom. The summed E-state index contributed by atoms with van der Waals surface area (Å²) in [5.41, 5.74) is 6.55. The number of allylic oxidation sites excluding steroid dienone is 2. The maximum Gasteiger partial charge on any atom is 0.271 e. The zero-order chi connectivity index (χ0) is 28.0. The van der Waals surface area contributed by atoms with Gasteiger partial charge in [0.2, 0.25) is 0 Å². The third kappa shape index (κ3) is 4.96. The first-order valence-corrected chi connectivity index (χ1v) is 14.4. The molecule has 1 aromatic heterocycles. The van der Waals surface area contributed by atoms with Gasteiger partial charge in [-0.05, 0) is 102 Å². The van der Waals surface area contributed by atoms with Crippen LogP contribution in [0, 0.1) is 17.0 Å². The molecule has 2 heterocycles. The lowest BCUT2D eigenvalue weighted by molar-refractivity contribution is -0.384. The summed E-state index contributed by atoms with van der Waals surface area (Å²) >= 11 is 13.7. The normalized spacial score (nSPS) is 17.9. The van der Waals surface area contributed by atoms with Crippen molar-refractivity contribution >= 4 is 52.4 Å². The number of benzene rings is 3. The van der Waals surface area contributed by atoms with E-state index in [2.05, 4.69) is 6.08 Å². The molecule has 4 aromatic rings. The van der Waals surface area contributed by atoms with E-state index in [1.54, 1.807) is 23.6 Å². The molecule has 6 nitrogen and oxygen atoms in total. The molecule has 0 radical (unpaired) electrons. The van der Waals surface area contributed by atoms with E-state index in [0.29, 0.717) is 19.4 Å². The van der Waals surface area contributed by atoms with Crippen LogP contribution in [0.15, 0.2) is 93.4 Å². The Kier molecular flexibility index (Phi) is 7.04. The number of hydrogen-bond donors (Lipinski definition) is 0. The summed E-state index contributed by atoms with van der Waals surface area (Å²) in [5, 5.41) is 12.5. The molecule has 1 atom stereocenters. The summed E-state index contributed by atoms with van der Waals surface area (Å²) < 4.78 is 2.31. The van der Waals surface area contributed by atoms with E-state index in [1.165, 1.54) is 23.5 Å². The van der Waals surface area contributed by atoms with Crippen molar-refractivity contribution in [3.63, 3.8) is 0 Å². The van der Waals surface area contributed by atoms with E-state index >= 15 is 0 Å². The average Bonchev–Trinajstić information content (AvgIpc) is 3.25. The molecular weight excluding hydrogens is 565 g/mol. The highest BCUT2D eigenvalue weighted by Gasteiger charge is 2.32. The summed E-state index contributed by atoms with van der Waals surface area (Å²) in [6, 6.07) is 19.7. The fraction of sp³-hybridized carbons (Fsp3) is 0.161. The van der Waals surface area contributed by atoms with Crippen molar-refractivity contribution in [2.75, 3.05) is 0 Å². The largest absolute Gasteiger partial charge is 0.272 e. The molecule has 1 aliphatic carbocycles. The van der Waals surface area contributed by atoms with Crippen LogP contribution < -0.4 is 14.9 Å². The maximum absolute atomic E-state index is 13.9. The second-order valence-electron chi connectivity index (χ2n) is 9.88. The van der Waals surface area contributed by atoms with Crippen LogP contribution >= 0.6 is 34.5 Å². The van der Waals surface area contributed by atoms with Gasteiger partial charge in [-0.15, -0.1) is 0 Å². The molecule has 3 aromatic carbocycles. The van der Waals surface area contributed by atoms with E-state index in [1.807, 2.05) is 48.5 Å². The molecule has 200 valence electrons. The Morgan fingerprint density at radius 1 is 1.00 bits per heavy atom. The van der Waals surface area contributed by atoms with Crippen molar-refractivity contribution in [1.29, 1.82) is 0 Å². The van der Waals surface area contributed by atoms with Crippen molar-refractivity contribution in [1.82, 2.24) is 4.57 Å². The predicted molar refractivity (Wildman–Crippen MR) is 161 cm³/mol. The van der Waals surface area contributed by atoms with Crippen LogP contribution in [0.1, 0.15) is 47.6 Å². The Labute approximate surface area is 244 Å². The highest BCUT2D eigenvalue weighted by atomic mass is 35.5. The number of nitro benzene ring substituents is 1. The maximum atomic E-state index is 13.9. The first kappa shape index (κ1) is 26.4. The van der Waals surface area contributed by atoms with Gasteiger partial charge >= 0.3 is 0 Å². The van der Waals surface area contributed by atoms with Gasteiger partial charge in [-0.2, -0.15) is 0 Å². The minimum absolute atomic E-state index is 0.0199. The molecule has 40 heavy (non-hydrogen) atoms. The van der Waals surface area contributed by atoms with Crippen LogP contribution in [0.2, 0.25) is 10.0 Å². The highest BCUT2D eigenvalue weighted by molar-refractivity contribution is 7.07. The average molecular weight is 589 g/mol. The molecule has 1 aliphatic heterocycles. The first-order chi connectivity index (χ1) is 19.3. The number of aryl methyl sites for hydroxylation is 1. The number of aromatic nitrogens is 1. The Balaban J connectivity index is 1.55. The summed E-state index contributed by atoms with van der Waals surface area (Å²) in [7, 11) is 0. The van der Waals surface area contributed by atoms with E-state index in [-0.39, 0.29) is 17.3 Å². The quantitative estimate of drug-likeness (QED) is 0.190. The molecule has 0 bridgehead atoms. The topological polar surface area (TPSA) is 77.5 Å². The monoisotopic (exact) mass is 587 g/mol. The third-order valence-corrected chi connectivity index (χ3v) is 8.77. The number of halogens is 2. The molecule has 0 N–H and O–H groups in total. The van der Waals surface area contributed by atoms with Crippen molar-refractivity contribution < 1.29 is 4.92 Å². The molecule has 0 saturated carbocycles. The number of non-ortho nitro benzene ring substituents is 1. The molecule has 0 fully saturated rings. The minimum Gasteiger partial charge on any atom is -0.272 e. The van der Waals surface area contributed by atoms with Gasteiger partial charge in [0.1, 0.15) is 0 Å². The van der Waals surface area contributed by atoms with Crippen molar-refractivity contribution in [3.05, 3.63) is 146 Å². The molecule has 9 heteroatoms. The van der Waals surface area contributed by atoms with Crippen LogP contribution in [0.3, 0.4) is 0 Å². The summed E-state index contributed by atoms with van der Waals surface area (Å²) in [6.07, 6.45) is 6.62. The summed E-state index contributed by atoms with van der Waals surface area (Å²) in [5.74, 6) is 0. The van der Waals surface area contributed by atoms with Gasteiger partial charge < -0.3 is 0 Å². The van der Waals surface area contributed by atoms with Crippen LogP contribution in [0.25, 0.3) is 12.2 Å². The van der Waals surface area contributed by atoms with Gasteiger partial charge in [0.25, 0.3) is 11.2 Å². The van der Waals surface area contributed by atoms with E-state index < -0.39 is 4.92 Å². The molecule has 1 unspecified atom stereocenters. The van der Waals surface area contributed by atoms with Crippen molar-refractivity contribution in [2.24, 2.45) is 4.99 Å². The predicted octanol–water partition coefficient (Wildman–Crippen LogP) is 7.01. The smallest absolute Gasteiger partial charge is 0.271 e. The number of rotatable bonds is 4. The fourth-order valence-corrected chi connectivity index (χ4v) is 6.58. The lowest BCUT2D eigenvalue weighted by Gasteiger charge is -2.31. The minimum atomic E-state index is -0.420. The number of hydrogen-bond acceptors (Lipinski definition) is 5. The van der Waals surface area contributed by atoms with E-state index in [9.17, 15) is 14.9 Å². The SMILES string of the molecule is Cc1cc([N+](=O)[O-])ccc1/C=c1\sc2n(c1=O)C(c1ccc(Cl)cc1)C1=C(N=2)/C(=C\c2ccc(Cl)cc2)CCC1. The van der Waals surface area contributed by atoms with Crippen LogP contribution in [-0.4, -0.2) is 9.49 Å². The molecular formula is C31H23Cl2N3O3S. The molecule has 0 spiro atoms. The van der Waals surface area contributed by atoms with Gasteiger partial charge in [0, 0.05) is 22.2 Å². The van der Waals surface area contributed by atoms with E-state index in [0.717, 1.165) is 58.4 Å². The van der Waals surface area contributed by atoms with Gasteiger partial charge in [0.15, 0.2) is 4.80 Å². The van der Waals surface area contributed by atoms with Crippen molar-refractivity contribution in [3.8, 4) is 0 Å². The fourth-order valence-electron chi connectivity index (χ4n) is 5.34. The van der Waals surface area contributed by atoms with E-state index in [4.69, 9.17) is 28.2 Å². The van der Waals surface area contributed by atoms with Gasteiger partial charge in [-0.25, -0.2) is 4.99 Å². The molecule has 0 amide bonds. The summed E-state index contributed by atoms with van der Waals surface area (Å²) in [6.45, 7) is 1.80. The summed E-state index contributed by atoms with van der Waals surface area (Å²) in [4.78, 5) is 30.4. The zero-order valence-corrected chi connectivity index (χ0v) is 23.8. The second kappa shape index (κ2) is 10.7. The lowest BCUT2D eigenvalue weighted by atomic mass is 9.84. The van der Waals surface area contributed by atoms with Gasteiger partial charge in [0.05, 0.1) is 21.2 Å². The van der Waals surface area contributed by atoms with Gasteiger partial charge in [-0.1, -0.05) is 58.8 Å². The lowest BCUT2D eigenvalue weighted by Crippen LogP contribution is -2.39. The zero-order valence-electron chi connectivity index (χ0n) is 21.4. The molecule has 0 saturated heterocycles. The van der Waals surface area contributed by atoms with Gasteiger partial charge in [-0.3, -0.25) is 19.5 Å².